The van der Waals surface area contributed by atoms with E-state index >= 15 is 0 Å². The maximum atomic E-state index is 11.7. The zero-order chi connectivity index (χ0) is 21.8. The summed E-state index contributed by atoms with van der Waals surface area (Å²) in [5.41, 5.74) is 3.86. The highest BCUT2D eigenvalue weighted by molar-refractivity contribution is 5.91. The van der Waals surface area contributed by atoms with Crippen LogP contribution in [0.25, 0.3) is 17.0 Å². The first kappa shape index (κ1) is 20.2. The minimum Gasteiger partial charge on any atom is -0.439 e. The number of aromatic amines is 1. The Morgan fingerprint density at radius 3 is 2.84 bits per heavy atom. The summed E-state index contributed by atoms with van der Waals surface area (Å²) in [6.07, 6.45) is 4.95. The number of nitrogens with one attached hydrogen (secondary N) is 2. The van der Waals surface area contributed by atoms with Gasteiger partial charge in [0.1, 0.15) is 5.75 Å². The quantitative estimate of drug-likeness (QED) is 0.439. The molecule has 0 bridgehead atoms. The van der Waals surface area contributed by atoms with Crippen molar-refractivity contribution in [2.45, 2.75) is 6.92 Å². The van der Waals surface area contributed by atoms with Crippen LogP contribution in [0.3, 0.4) is 0 Å². The number of hydrogen-bond acceptors (Lipinski definition) is 5. The smallest absolute Gasteiger partial charge is 0.246 e. The monoisotopic (exact) mass is 413 g/mol. The lowest BCUT2D eigenvalue weighted by Crippen LogP contribution is -2.18. The van der Waals surface area contributed by atoms with E-state index in [0.717, 1.165) is 27.8 Å². The molecule has 2 aromatic carbocycles. The molecule has 4 aromatic rings. The van der Waals surface area contributed by atoms with E-state index in [1.807, 2.05) is 49.4 Å². The van der Waals surface area contributed by atoms with E-state index in [1.54, 1.807) is 32.4 Å². The first-order chi connectivity index (χ1) is 15.0. The van der Waals surface area contributed by atoms with Crippen molar-refractivity contribution >= 4 is 34.5 Å². The fourth-order valence-corrected chi connectivity index (χ4v) is 3.07. The Morgan fingerprint density at radius 1 is 1.13 bits per heavy atom. The van der Waals surface area contributed by atoms with Gasteiger partial charge in [-0.25, -0.2) is 4.98 Å². The minimum absolute atomic E-state index is 0.0699. The van der Waals surface area contributed by atoms with E-state index in [2.05, 4.69) is 26.3 Å². The summed E-state index contributed by atoms with van der Waals surface area (Å²) < 4.78 is 5.93. The second kappa shape index (κ2) is 8.71. The number of nitrogens with zero attached hydrogens (tertiary/aromatic N) is 3. The molecule has 0 saturated heterocycles. The van der Waals surface area contributed by atoms with Crippen LogP contribution in [0.5, 0.6) is 11.6 Å². The van der Waals surface area contributed by atoms with Crippen LogP contribution in [0.15, 0.2) is 66.9 Å². The molecular formula is C24H23N5O2. The third-order valence-electron chi connectivity index (χ3n) is 4.58. The van der Waals surface area contributed by atoms with Gasteiger partial charge in [-0.15, -0.1) is 0 Å². The van der Waals surface area contributed by atoms with E-state index in [1.165, 1.54) is 11.0 Å². The number of anilines is 2. The van der Waals surface area contributed by atoms with Gasteiger partial charge in [0.15, 0.2) is 0 Å². The normalized spacial score (nSPS) is 11.1. The van der Waals surface area contributed by atoms with Crippen molar-refractivity contribution in [1.29, 1.82) is 0 Å². The summed E-state index contributed by atoms with van der Waals surface area (Å²) in [6, 6.07) is 17.3. The Hall–Kier alpha value is -4.13. The van der Waals surface area contributed by atoms with Crippen LogP contribution in [0.1, 0.15) is 11.3 Å². The van der Waals surface area contributed by atoms with Gasteiger partial charge in [0.25, 0.3) is 0 Å². The Morgan fingerprint density at radius 2 is 2.00 bits per heavy atom. The molecule has 7 nitrogen and oxygen atoms in total. The summed E-state index contributed by atoms with van der Waals surface area (Å²) in [6.45, 7) is 2.02. The van der Waals surface area contributed by atoms with Crippen LogP contribution in [0, 0.1) is 6.92 Å². The molecule has 0 fully saturated rings. The molecule has 7 heteroatoms. The standard InChI is InChI=1S/C24H23N5O2/c1-16-13-18-15-20(8-9-21(18)26-16)31-22-11-12-25-24(28-22)27-19-6-4-5-17(14-19)7-10-23(30)29(2)3/h4-15,26H,1-3H3,(H,25,27,28). The van der Waals surface area contributed by atoms with E-state index < -0.39 is 0 Å². The molecule has 4 rings (SSSR count). The lowest BCUT2D eigenvalue weighted by Gasteiger charge is -2.09. The molecule has 0 spiro atoms. The number of ether oxygens (including phenoxy) is 1. The summed E-state index contributed by atoms with van der Waals surface area (Å²) in [5.74, 6) is 1.49. The van der Waals surface area contributed by atoms with E-state index in [0.29, 0.717) is 17.6 Å². The average Bonchev–Trinajstić information content (AvgIpc) is 3.12. The molecule has 0 unspecified atom stereocenters. The third kappa shape index (κ3) is 5.08. The molecule has 0 aliphatic carbocycles. The molecular weight excluding hydrogens is 390 g/mol. The number of aromatic nitrogens is 3. The van der Waals surface area contributed by atoms with Gasteiger partial charge in [0, 0.05) is 54.7 Å². The molecule has 156 valence electrons. The van der Waals surface area contributed by atoms with Crippen LogP contribution in [0.2, 0.25) is 0 Å². The zero-order valence-electron chi connectivity index (χ0n) is 17.6. The lowest BCUT2D eigenvalue weighted by atomic mass is 10.2. The third-order valence-corrected chi connectivity index (χ3v) is 4.58. The van der Waals surface area contributed by atoms with Crippen molar-refractivity contribution < 1.29 is 9.53 Å². The van der Waals surface area contributed by atoms with Gasteiger partial charge in [0.05, 0.1) is 0 Å². The van der Waals surface area contributed by atoms with Gasteiger partial charge in [-0.1, -0.05) is 12.1 Å². The Bertz CT molecular complexity index is 1260. The zero-order valence-corrected chi connectivity index (χ0v) is 17.6. The van der Waals surface area contributed by atoms with Gasteiger partial charge in [-0.05, 0) is 55.0 Å². The molecule has 2 heterocycles. The molecule has 0 saturated carbocycles. The second-order valence-corrected chi connectivity index (χ2v) is 7.34. The molecule has 0 aliphatic rings. The topological polar surface area (TPSA) is 83.1 Å². The predicted octanol–water partition coefficient (Wildman–Crippen LogP) is 4.90. The molecule has 0 aliphatic heterocycles. The maximum Gasteiger partial charge on any atom is 0.246 e. The number of hydrogen-bond donors (Lipinski definition) is 2. The van der Waals surface area contributed by atoms with Crippen molar-refractivity contribution in [3.63, 3.8) is 0 Å². The van der Waals surface area contributed by atoms with E-state index in [4.69, 9.17) is 4.74 Å². The fourth-order valence-electron chi connectivity index (χ4n) is 3.07. The molecule has 1 amide bonds. The molecule has 0 atom stereocenters. The fraction of sp³-hybridized carbons (Fsp3) is 0.125. The minimum atomic E-state index is -0.0699. The first-order valence-electron chi connectivity index (χ1n) is 9.83. The van der Waals surface area contributed by atoms with Gasteiger partial charge in [0.2, 0.25) is 17.7 Å². The number of rotatable bonds is 6. The van der Waals surface area contributed by atoms with Gasteiger partial charge in [-0.3, -0.25) is 4.79 Å². The van der Waals surface area contributed by atoms with Crippen LogP contribution < -0.4 is 10.1 Å². The van der Waals surface area contributed by atoms with Crippen LogP contribution >= 0.6 is 0 Å². The summed E-state index contributed by atoms with van der Waals surface area (Å²) in [7, 11) is 3.43. The van der Waals surface area contributed by atoms with E-state index in [-0.39, 0.29) is 5.91 Å². The highest BCUT2D eigenvalue weighted by Gasteiger charge is 2.05. The van der Waals surface area contributed by atoms with Crippen molar-refractivity contribution in [1.82, 2.24) is 19.9 Å². The van der Waals surface area contributed by atoms with Gasteiger partial charge < -0.3 is 19.9 Å². The molecule has 31 heavy (non-hydrogen) atoms. The van der Waals surface area contributed by atoms with Crippen molar-refractivity contribution in [3.8, 4) is 11.6 Å². The largest absolute Gasteiger partial charge is 0.439 e. The Kier molecular flexibility index (Phi) is 5.66. The number of amides is 1. The molecule has 2 N–H and O–H groups in total. The maximum absolute atomic E-state index is 11.7. The number of aryl methyl sites for hydroxylation is 1. The van der Waals surface area contributed by atoms with Crippen molar-refractivity contribution in [3.05, 3.63) is 78.1 Å². The highest BCUT2D eigenvalue weighted by Crippen LogP contribution is 2.26. The number of H-pyrrole nitrogens is 1. The van der Waals surface area contributed by atoms with Crippen molar-refractivity contribution in [2.75, 3.05) is 19.4 Å². The molecule has 2 aromatic heterocycles. The summed E-state index contributed by atoms with van der Waals surface area (Å²) in [5, 5.41) is 4.26. The number of benzene rings is 2. The average molecular weight is 413 g/mol. The highest BCUT2D eigenvalue weighted by atomic mass is 16.5. The Balaban J connectivity index is 1.48. The first-order valence-corrected chi connectivity index (χ1v) is 9.83. The van der Waals surface area contributed by atoms with Crippen LogP contribution in [0.4, 0.5) is 11.6 Å². The number of fused-ring (bicyclic) bond motifs is 1. The van der Waals surface area contributed by atoms with Crippen LogP contribution in [-0.2, 0) is 4.79 Å². The summed E-state index contributed by atoms with van der Waals surface area (Å²) in [4.78, 5) is 25.3. The van der Waals surface area contributed by atoms with Gasteiger partial charge >= 0.3 is 0 Å². The van der Waals surface area contributed by atoms with E-state index in [9.17, 15) is 4.79 Å². The van der Waals surface area contributed by atoms with Crippen molar-refractivity contribution in [2.24, 2.45) is 0 Å². The predicted molar refractivity (Wildman–Crippen MR) is 123 cm³/mol. The summed E-state index contributed by atoms with van der Waals surface area (Å²) >= 11 is 0. The molecule has 0 radical (unpaired) electrons. The SMILES string of the molecule is Cc1cc2cc(Oc3ccnc(Nc4cccc(C=CC(=O)N(C)C)c4)n3)ccc2[nH]1. The number of likely N-dealkylation sites (N-methyl/N-ethyl adjacent to an activating group) is 1. The number of carbonyl (C=O) groups is 1. The lowest BCUT2D eigenvalue weighted by molar-refractivity contribution is -0.123. The Labute approximate surface area is 180 Å². The van der Waals surface area contributed by atoms with Crippen LogP contribution in [-0.4, -0.2) is 39.9 Å². The van der Waals surface area contributed by atoms with Gasteiger partial charge in [-0.2, -0.15) is 4.98 Å². The second-order valence-electron chi connectivity index (χ2n) is 7.34. The number of carbonyl (C=O) groups excluding carboxylic acids is 1.